The van der Waals surface area contributed by atoms with Crippen molar-refractivity contribution in [3.63, 3.8) is 0 Å². The van der Waals surface area contributed by atoms with Crippen molar-refractivity contribution in [3.8, 4) is 5.69 Å². The molecule has 2 aromatic rings. The first-order valence-electron chi connectivity index (χ1n) is 6.88. The molecule has 0 radical (unpaired) electrons. The number of fused-ring (bicyclic) bond motifs is 1. The largest absolute Gasteiger partial charge is 0.418 e. The van der Waals surface area contributed by atoms with E-state index in [0.717, 1.165) is 22.9 Å². The summed E-state index contributed by atoms with van der Waals surface area (Å²) < 4.78 is 67.9. The molecule has 2 atom stereocenters. The maximum atomic E-state index is 13.7. The highest BCUT2D eigenvalue weighted by atomic mass is 19.4. The summed E-state index contributed by atoms with van der Waals surface area (Å²) in [6.07, 6.45) is -7.74. The summed E-state index contributed by atoms with van der Waals surface area (Å²) in [7, 11) is 0. The van der Waals surface area contributed by atoms with Gasteiger partial charge in [-0.05, 0) is 31.0 Å². The van der Waals surface area contributed by atoms with E-state index in [9.17, 15) is 27.1 Å². The van der Waals surface area contributed by atoms with Crippen LogP contribution in [0.25, 0.3) is 5.69 Å². The molecular formula is C15H13F5N2O. The summed E-state index contributed by atoms with van der Waals surface area (Å²) in [4.78, 5) is 0. The van der Waals surface area contributed by atoms with Crippen molar-refractivity contribution < 1.29 is 27.1 Å². The zero-order chi connectivity index (χ0) is 16.9. The van der Waals surface area contributed by atoms with Gasteiger partial charge >= 0.3 is 6.18 Å². The normalized spacial score (nSPS) is 21.3. The lowest BCUT2D eigenvalue weighted by atomic mass is 9.90. The number of rotatable bonds is 1. The van der Waals surface area contributed by atoms with Crippen LogP contribution in [-0.4, -0.2) is 15.8 Å². The molecule has 1 heterocycles. The number of hydrogen-bond acceptors (Lipinski definition) is 2. The highest BCUT2D eigenvalue weighted by molar-refractivity contribution is 5.52. The van der Waals surface area contributed by atoms with Crippen molar-refractivity contribution in [2.24, 2.45) is 0 Å². The van der Waals surface area contributed by atoms with E-state index in [1.54, 1.807) is 0 Å². The van der Waals surface area contributed by atoms with Gasteiger partial charge in [0.25, 0.3) is 0 Å². The second-order valence-corrected chi connectivity index (χ2v) is 5.51. The Bertz CT molecular complexity index is 733. The smallest absolute Gasteiger partial charge is 0.399 e. The lowest BCUT2D eigenvalue weighted by Crippen LogP contribution is -2.24. The second kappa shape index (κ2) is 5.23. The van der Waals surface area contributed by atoms with Gasteiger partial charge in [0, 0.05) is 23.1 Å². The maximum absolute atomic E-state index is 13.7. The quantitative estimate of drug-likeness (QED) is 0.620. The molecule has 1 aromatic carbocycles. The van der Waals surface area contributed by atoms with Crippen molar-refractivity contribution in [2.75, 3.05) is 5.73 Å². The van der Waals surface area contributed by atoms with Crippen LogP contribution in [0.1, 0.15) is 29.3 Å². The van der Waals surface area contributed by atoms with Gasteiger partial charge in [-0.25, -0.2) is 8.78 Å². The van der Waals surface area contributed by atoms with Crippen LogP contribution in [0.15, 0.2) is 24.4 Å². The molecule has 2 unspecified atom stereocenters. The number of alkyl halides is 4. The molecular weight excluding hydrogens is 319 g/mol. The number of aliphatic hydroxyl groups is 1. The van der Waals surface area contributed by atoms with Gasteiger partial charge in [0.05, 0.1) is 11.3 Å². The Hall–Kier alpha value is -2.09. The number of nitrogens with zero attached hydrogens (tertiary/aromatic N) is 1. The molecule has 23 heavy (non-hydrogen) atoms. The third-order valence-electron chi connectivity index (χ3n) is 3.93. The zero-order valence-electron chi connectivity index (χ0n) is 11.7. The van der Waals surface area contributed by atoms with E-state index in [-0.39, 0.29) is 29.9 Å². The SMILES string of the molecule is Nc1cc(F)cc(-n2cc(C(F)(F)F)c3c2CCC(F)C3O)c1. The van der Waals surface area contributed by atoms with Crippen LogP contribution in [0.4, 0.5) is 27.6 Å². The lowest BCUT2D eigenvalue weighted by Gasteiger charge is -2.25. The number of aromatic nitrogens is 1. The van der Waals surface area contributed by atoms with E-state index in [2.05, 4.69) is 0 Å². The summed E-state index contributed by atoms with van der Waals surface area (Å²) >= 11 is 0. The molecule has 3 N–H and O–H groups in total. The molecule has 1 aromatic heterocycles. The van der Waals surface area contributed by atoms with Gasteiger partial charge in [-0.15, -0.1) is 0 Å². The van der Waals surface area contributed by atoms with E-state index >= 15 is 0 Å². The van der Waals surface area contributed by atoms with Gasteiger partial charge < -0.3 is 15.4 Å². The van der Waals surface area contributed by atoms with E-state index in [1.807, 2.05) is 0 Å². The van der Waals surface area contributed by atoms with Gasteiger partial charge in [-0.1, -0.05) is 0 Å². The molecule has 1 aliphatic carbocycles. The Balaban J connectivity index is 2.25. The van der Waals surface area contributed by atoms with Crippen molar-refractivity contribution in [1.29, 1.82) is 0 Å². The molecule has 0 saturated heterocycles. The van der Waals surface area contributed by atoms with Crippen LogP contribution >= 0.6 is 0 Å². The molecule has 1 aliphatic rings. The highest BCUT2D eigenvalue weighted by Crippen LogP contribution is 2.43. The number of halogens is 5. The Kier molecular flexibility index (Phi) is 3.59. The van der Waals surface area contributed by atoms with E-state index in [4.69, 9.17) is 5.73 Å². The zero-order valence-corrected chi connectivity index (χ0v) is 11.7. The second-order valence-electron chi connectivity index (χ2n) is 5.51. The van der Waals surface area contributed by atoms with Crippen LogP contribution < -0.4 is 5.73 Å². The number of nitrogens with two attached hydrogens (primary N) is 1. The molecule has 0 aliphatic heterocycles. The molecule has 0 fully saturated rings. The van der Waals surface area contributed by atoms with Crippen LogP contribution in [0.2, 0.25) is 0 Å². The van der Waals surface area contributed by atoms with Gasteiger partial charge in [0.15, 0.2) is 0 Å². The third-order valence-corrected chi connectivity index (χ3v) is 3.93. The van der Waals surface area contributed by atoms with Gasteiger partial charge in [0.2, 0.25) is 0 Å². The topological polar surface area (TPSA) is 51.2 Å². The molecule has 8 heteroatoms. The molecule has 0 amide bonds. The average Bonchev–Trinajstić information content (AvgIpc) is 2.82. The predicted molar refractivity (Wildman–Crippen MR) is 73.3 cm³/mol. The third kappa shape index (κ3) is 2.67. The fourth-order valence-electron chi connectivity index (χ4n) is 2.95. The Morgan fingerprint density at radius 2 is 1.91 bits per heavy atom. The highest BCUT2D eigenvalue weighted by Gasteiger charge is 2.42. The van der Waals surface area contributed by atoms with Crippen molar-refractivity contribution in [3.05, 3.63) is 47.0 Å². The Morgan fingerprint density at radius 1 is 1.22 bits per heavy atom. The summed E-state index contributed by atoms with van der Waals surface area (Å²) in [5.41, 5.74) is 4.18. The summed E-state index contributed by atoms with van der Waals surface area (Å²) in [6.45, 7) is 0. The first kappa shape index (κ1) is 15.8. The molecule has 0 bridgehead atoms. The standard InChI is InChI=1S/C15H13F5N2O/c16-7-3-8(21)5-9(4-7)22-6-10(15(18,19)20)13-12(22)2-1-11(17)14(13)23/h3-6,11,14,23H,1-2,21H2. The summed E-state index contributed by atoms with van der Waals surface area (Å²) in [5.74, 6) is -0.698. The van der Waals surface area contributed by atoms with E-state index < -0.39 is 35.4 Å². The Morgan fingerprint density at radius 3 is 2.52 bits per heavy atom. The van der Waals surface area contributed by atoms with Crippen LogP contribution in [-0.2, 0) is 12.6 Å². The molecule has 0 spiro atoms. The van der Waals surface area contributed by atoms with Crippen molar-refractivity contribution in [2.45, 2.75) is 31.3 Å². The molecule has 3 rings (SSSR count). The van der Waals surface area contributed by atoms with E-state index in [0.29, 0.717) is 0 Å². The van der Waals surface area contributed by atoms with Crippen LogP contribution in [0.3, 0.4) is 0 Å². The summed E-state index contributed by atoms with van der Waals surface area (Å²) in [5, 5.41) is 9.86. The fraction of sp³-hybridized carbons (Fsp3) is 0.333. The predicted octanol–water partition coefficient (Wildman–Crippen LogP) is 3.54. The molecule has 124 valence electrons. The number of anilines is 1. The minimum atomic E-state index is -4.76. The first-order valence-corrected chi connectivity index (χ1v) is 6.88. The number of aliphatic hydroxyl groups excluding tert-OH is 1. The number of hydrogen-bond donors (Lipinski definition) is 2. The lowest BCUT2D eigenvalue weighted by molar-refractivity contribution is -0.139. The first-order chi connectivity index (χ1) is 10.7. The Labute approximate surface area is 128 Å². The van der Waals surface area contributed by atoms with Crippen molar-refractivity contribution in [1.82, 2.24) is 4.57 Å². The van der Waals surface area contributed by atoms with Crippen molar-refractivity contribution >= 4 is 5.69 Å². The molecule has 3 nitrogen and oxygen atoms in total. The van der Waals surface area contributed by atoms with Crippen LogP contribution in [0, 0.1) is 5.82 Å². The summed E-state index contributed by atoms with van der Waals surface area (Å²) in [6, 6.07) is 3.39. The number of nitrogen functional groups attached to an aromatic ring is 1. The average molecular weight is 332 g/mol. The number of benzene rings is 1. The monoisotopic (exact) mass is 332 g/mol. The molecule has 0 saturated carbocycles. The van der Waals surface area contributed by atoms with Crippen LogP contribution in [0.5, 0.6) is 0 Å². The van der Waals surface area contributed by atoms with Gasteiger partial charge in [-0.2, -0.15) is 13.2 Å². The van der Waals surface area contributed by atoms with E-state index in [1.165, 1.54) is 6.07 Å². The fourth-order valence-corrected chi connectivity index (χ4v) is 2.95. The van der Waals surface area contributed by atoms with Gasteiger partial charge in [-0.3, -0.25) is 0 Å². The maximum Gasteiger partial charge on any atom is 0.418 e. The minimum Gasteiger partial charge on any atom is -0.399 e. The minimum absolute atomic E-state index is 0.0000576. The van der Waals surface area contributed by atoms with Gasteiger partial charge in [0.1, 0.15) is 18.1 Å².